The van der Waals surface area contributed by atoms with Crippen LogP contribution in [0, 0.1) is 13.8 Å². The van der Waals surface area contributed by atoms with Gasteiger partial charge in [-0.1, -0.05) is 53.8 Å². The molecule has 9 heteroatoms. The number of fused-ring (bicyclic) bond motifs is 2. The Morgan fingerprint density at radius 3 is 2.67 bits per heavy atom. The van der Waals surface area contributed by atoms with E-state index in [9.17, 15) is 9.59 Å². The summed E-state index contributed by atoms with van der Waals surface area (Å²) in [6.07, 6.45) is 0. The summed E-state index contributed by atoms with van der Waals surface area (Å²) in [6.45, 7) is 3.78. The summed E-state index contributed by atoms with van der Waals surface area (Å²) in [5.41, 5.74) is 3.98. The maximum Gasteiger partial charge on any atom is 0.344 e. The van der Waals surface area contributed by atoms with E-state index in [1.165, 1.54) is 11.3 Å². The Bertz CT molecular complexity index is 1850. The van der Waals surface area contributed by atoms with Crippen LogP contribution in [0.25, 0.3) is 37.6 Å². The van der Waals surface area contributed by atoms with Crippen molar-refractivity contribution in [1.29, 1.82) is 0 Å². The minimum atomic E-state index is -0.449. The molecule has 0 aliphatic rings. The molecule has 0 saturated heterocycles. The number of nitrogens with one attached hydrogen (secondary N) is 1. The van der Waals surface area contributed by atoms with Gasteiger partial charge in [-0.15, -0.1) is 10.2 Å². The lowest BCUT2D eigenvalue weighted by Crippen LogP contribution is -2.13. The van der Waals surface area contributed by atoms with Crippen LogP contribution in [0.2, 0.25) is 0 Å². The van der Waals surface area contributed by atoms with Crippen LogP contribution in [-0.4, -0.2) is 25.7 Å². The molecule has 1 N–H and O–H groups in total. The second-order valence-corrected chi connectivity index (χ2v) is 9.35. The van der Waals surface area contributed by atoms with Crippen molar-refractivity contribution in [2.45, 2.75) is 13.8 Å². The highest BCUT2D eigenvalue weighted by atomic mass is 32.1. The van der Waals surface area contributed by atoms with E-state index in [2.05, 4.69) is 20.6 Å². The number of aryl methyl sites for hydroxylation is 2. The Kier molecular flexibility index (Phi) is 5.19. The first-order valence-electron chi connectivity index (χ1n) is 11.2. The van der Waals surface area contributed by atoms with Crippen LogP contribution in [0.1, 0.15) is 21.7 Å². The summed E-state index contributed by atoms with van der Waals surface area (Å²) in [6, 6.07) is 21.9. The number of nitrogens with zero attached hydrogens (tertiary/aromatic N) is 4. The topological polar surface area (TPSA) is 102 Å². The van der Waals surface area contributed by atoms with Crippen LogP contribution in [0.4, 0.5) is 5.69 Å². The fourth-order valence-electron chi connectivity index (χ4n) is 4.01. The first kappa shape index (κ1) is 21.9. The van der Waals surface area contributed by atoms with E-state index < -0.39 is 5.63 Å². The summed E-state index contributed by atoms with van der Waals surface area (Å²) in [4.78, 5) is 26.5. The number of carbonyl (C=O) groups is 1. The standard InChI is InChI=1S/C27H19N5O3S/c1-15-10-11-20(25-31-32-16(2)29-30-27(32)36-25)14-22(15)28-24(33)19-8-5-7-17(12-19)21-13-18-6-3-4-9-23(18)35-26(21)34/h3-14H,1-2H3,(H,28,33). The van der Waals surface area contributed by atoms with Crippen molar-refractivity contribution in [2.24, 2.45) is 0 Å². The smallest absolute Gasteiger partial charge is 0.344 e. The van der Waals surface area contributed by atoms with Gasteiger partial charge in [-0.05, 0) is 55.3 Å². The molecule has 0 bridgehead atoms. The molecule has 6 rings (SSSR count). The maximum absolute atomic E-state index is 13.2. The lowest BCUT2D eigenvalue weighted by Gasteiger charge is -2.11. The second kappa shape index (κ2) is 8.54. The Hall–Kier alpha value is -4.63. The molecule has 0 spiro atoms. The quantitative estimate of drug-likeness (QED) is 0.326. The van der Waals surface area contributed by atoms with E-state index in [0.717, 1.165) is 21.5 Å². The molecule has 36 heavy (non-hydrogen) atoms. The molecule has 0 aliphatic heterocycles. The van der Waals surface area contributed by atoms with Crippen LogP contribution in [0.3, 0.4) is 0 Å². The molecule has 0 unspecified atom stereocenters. The van der Waals surface area contributed by atoms with Gasteiger partial charge in [0, 0.05) is 22.2 Å². The number of para-hydroxylation sites is 1. The largest absolute Gasteiger partial charge is 0.422 e. The zero-order valence-corrected chi connectivity index (χ0v) is 20.2. The third kappa shape index (κ3) is 3.85. The summed E-state index contributed by atoms with van der Waals surface area (Å²) < 4.78 is 7.17. The number of anilines is 1. The summed E-state index contributed by atoms with van der Waals surface area (Å²) in [7, 11) is 0. The summed E-state index contributed by atoms with van der Waals surface area (Å²) in [5, 5.41) is 17.3. The maximum atomic E-state index is 13.2. The van der Waals surface area contributed by atoms with Gasteiger partial charge in [0.2, 0.25) is 4.96 Å². The molecule has 0 aliphatic carbocycles. The van der Waals surface area contributed by atoms with Crippen LogP contribution < -0.4 is 10.9 Å². The average molecular weight is 494 g/mol. The highest BCUT2D eigenvalue weighted by Crippen LogP contribution is 2.30. The number of aromatic nitrogens is 4. The molecule has 176 valence electrons. The van der Waals surface area contributed by atoms with E-state index in [0.29, 0.717) is 38.7 Å². The third-order valence-corrected chi connectivity index (χ3v) is 6.90. The van der Waals surface area contributed by atoms with Crippen LogP contribution in [0.5, 0.6) is 0 Å². The van der Waals surface area contributed by atoms with Crippen molar-refractivity contribution in [1.82, 2.24) is 19.8 Å². The molecule has 0 atom stereocenters. The van der Waals surface area contributed by atoms with Gasteiger partial charge < -0.3 is 9.73 Å². The Morgan fingerprint density at radius 1 is 0.944 bits per heavy atom. The normalized spacial score (nSPS) is 11.3. The molecule has 3 aromatic carbocycles. The first-order valence-corrected chi connectivity index (χ1v) is 12.0. The number of hydrogen-bond donors (Lipinski definition) is 1. The van der Waals surface area contributed by atoms with Gasteiger partial charge >= 0.3 is 5.63 Å². The van der Waals surface area contributed by atoms with E-state index >= 15 is 0 Å². The van der Waals surface area contributed by atoms with Crippen molar-refractivity contribution < 1.29 is 9.21 Å². The predicted molar refractivity (Wildman–Crippen MR) is 139 cm³/mol. The van der Waals surface area contributed by atoms with E-state index in [1.807, 2.05) is 50.2 Å². The fraction of sp³-hybridized carbons (Fsp3) is 0.0741. The first-order chi connectivity index (χ1) is 17.5. The molecular formula is C27H19N5O3S. The Morgan fingerprint density at radius 2 is 1.81 bits per heavy atom. The number of rotatable bonds is 4. The van der Waals surface area contributed by atoms with E-state index in [-0.39, 0.29) is 5.91 Å². The van der Waals surface area contributed by atoms with Crippen molar-refractivity contribution in [3.63, 3.8) is 0 Å². The number of amides is 1. The molecule has 0 saturated carbocycles. The second-order valence-electron chi connectivity index (χ2n) is 8.40. The van der Waals surface area contributed by atoms with Gasteiger partial charge in [0.1, 0.15) is 10.6 Å². The van der Waals surface area contributed by atoms with Crippen molar-refractivity contribution >= 4 is 38.9 Å². The lowest BCUT2D eigenvalue weighted by atomic mass is 10.0. The van der Waals surface area contributed by atoms with Crippen LogP contribution in [0.15, 0.2) is 82.0 Å². The highest BCUT2D eigenvalue weighted by molar-refractivity contribution is 7.19. The van der Waals surface area contributed by atoms with Crippen molar-refractivity contribution in [2.75, 3.05) is 5.32 Å². The van der Waals surface area contributed by atoms with Gasteiger partial charge in [-0.2, -0.15) is 9.61 Å². The lowest BCUT2D eigenvalue weighted by molar-refractivity contribution is 0.102. The molecule has 6 aromatic rings. The zero-order chi connectivity index (χ0) is 24.8. The molecule has 0 fully saturated rings. The zero-order valence-electron chi connectivity index (χ0n) is 19.4. The van der Waals surface area contributed by atoms with Crippen molar-refractivity contribution in [3.8, 4) is 21.7 Å². The molecule has 1 amide bonds. The van der Waals surface area contributed by atoms with E-state index in [1.54, 1.807) is 40.9 Å². The van der Waals surface area contributed by atoms with E-state index in [4.69, 9.17) is 4.42 Å². The summed E-state index contributed by atoms with van der Waals surface area (Å²) >= 11 is 1.43. The van der Waals surface area contributed by atoms with Crippen LogP contribution in [-0.2, 0) is 0 Å². The molecule has 8 nitrogen and oxygen atoms in total. The van der Waals surface area contributed by atoms with Crippen molar-refractivity contribution in [3.05, 3.63) is 100 Å². The van der Waals surface area contributed by atoms with Gasteiger partial charge in [-0.25, -0.2) is 4.79 Å². The monoisotopic (exact) mass is 493 g/mol. The number of carbonyl (C=O) groups excluding carboxylic acids is 1. The number of hydrogen-bond acceptors (Lipinski definition) is 7. The highest BCUT2D eigenvalue weighted by Gasteiger charge is 2.15. The fourth-order valence-corrected chi connectivity index (χ4v) is 4.89. The third-order valence-electron chi connectivity index (χ3n) is 5.96. The minimum Gasteiger partial charge on any atom is -0.422 e. The number of benzene rings is 3. The van der Waals surface area contributed by atoms with Gasteiger partial charge in [0.15, 0.2) is 5.82 Å². The molecule has 0 radical (unpaired) electrons. The van der Waals surface area contributed by atoms with Gasteiger partial charge in [-0.3, -0.25) is 4.79 Å². The predicted octanol–water partition coefficient (Wildman–Crippen LogP) is 5.50. The van der Waals surface area contributed by atoms with Gasteiger partial charge in [0.05, 0.1) is 5.56 Å². The molecular weight excluding hydrogens is 474 g/mol. The SMILES string of the molecule is Cc1ccc(-c2nn3c(C)nnc3s2)cc1NC(=O)c1cccc(-c2cc3ccccc3oc2=O)c1. The Labute approximate surface area is 208 Å². The average Bonchev–Trinajstić information content (AvgIpc) is 3.47. The minimum absolute atomic E-state index is 0.281. The summed E-state index contributed by atoms with van der Waals surface area (Å²) in [5.74, 6) is 0.435. The molecule has 3 aromatic heterocycles. The van der Waals surface area contributed by atoms with Gasteiger partial charge in [0.25, 0.3) is 5.91 Å². The molecule has 3 heterocycles. The van der Waals surface area contributed by atoms with Crippen LogP contribution >= 0.6 is 11.3 Å². The Balaban J connectivity index is 1.31.